The van der Waals surface area contributed by atoms with Crippen molar-refractivity contribution < 1.29 is 9.13 Å². The minimum Gasteiger partial charge on any atom is -0.375 e. The van der Waals surface area contributed by atoms with Crippen LogP contribution in [0.1, 0.15) is 11.1 Å². The Labute approximate surface area is 96.0 Å². The first-order valence-electron chi connectivity index (χ1n) is 5.33. The molecular formula is C12H19FN2O. The summed E-state index contributed by atoms with van der Waals surface area (Å²) in [4.78, 5) is 2.02. The van der Waals surface area contributed by atoms with E-state index in [9.17, 15) is 4.39 Å². The summed E-state index contributed by atoms with van der Waals surface area (Å²) in [7, 11) is 3.94. The highest BCUT2D eigenvalue weighted by Gasteiger charge is 2.03. The normalized spacial score (nSPS) is 11.1. The van der Waals surface area contributed by atoms with Crippen LogP contribution in [-0.2, 0) is 17.9 Å². The smallest absolute Gasteiger partial charge is 0.128 e. The highest BCUT2D eigenvalue weighted by molar-refractivity contribution is 5.24. The molecular weight excluding hydrogens is 207 g/mol. The van der Waals surface area contributed by atoms with Gasteiger partial charge in [0.05, 0.1) is 13.2 Å². The molecule has 1 aromatic carbocycles. The van der Waals surface area contributed by atoms with Crippen LogP contribution in [0, 0.1) is 5.82 Å². The average molecular weight is 226 g/mol. The summed E-state index contributed by atoms with van der Waals surface area (Å²) in [5.41, 5.74) is 6.99. The second-order valence-corrected chi connectivity index (χ2v) is 3.99. The van der Waals surface area contributed by atoms with E-state index in [2.05, 4.69) is 0 Å². The van der Waals surface area contributed by atoms with Gasteiger partial charge in [-0.3, -0.25) is 0 Å². The summed E-state index contributed by atoms with van der Waals surface area (Å²) in [5.74, 6) is -0.234. The Hall–Kier alpha value is -0.970. The highest BCUT2D eigenvalue weighted by Crippen LogP contribution is 2.11. The zero-order chi connectivity index (χ0) is 12.0. The molecule has 0 unspecified atom stereocenters. The molecule has 1 aromatic rings. The molecule has 0 radical (unpaired) electrons. The molecule has 0 amide bonds. The van der Waals surface area contributed by atoms with Gasteiger partial charge in [0, 0.05) is 18.7 Å². The predicted octanol–water partition coefficient (Wildman–Crippen LogP) is 1.36. The first kappa shape index (κ1) is 13.1. The molecule has 2 N–H and O–H groups in total. The fraction of sp³-hybridized carbons (Fsp3) is 0.500. The number of nitrogens with two attached hydrogens (primary N) is 1. The lowest BCUT2D eigenvalue weighted by Crippen LogP contribution is -2.18. The summed E-state index contributed by atoms with van der Waals surface area (Å²) < 4.78 is 18.7. The van der Waals surface area contributed by atoms with Gasteiger partial charge in [0.25, 0.3) is 0 Å². The van der Waals surface area contributed by atoms with Crippen molar-refractivity contribution in [3.8, 4) is 0 Å². The number of halogens is 1. The standard InChI is InChI=1S/C12H19FN2O/c1-15(2)5-6-16-9-11-7-10(8-14)3-4-12(11)13/h3-4,7H,5-6,8-9,14H2,1-2H3. The van der Waals surface area contributed by atoms with Crippen molar-refractivity contribution in [2.75, 3.05) is 27.2 Å². The van der Waals surface area contributed by atoms with E-state index < -0.39 is 0 Å². The van der Waals surface area contributed by atoms with Crippen molar-refractivity contribution in [1.29, 1.82) is 0 Å². The minimum absolute atomic E-state index is 0.234. The topological polar surface area (TPSA) is 38.5 Å². The maximum absolute atomic E-state index is 13.4. The number of benzene rings is 1. The van der Waals surface area contributed by atoms with E-state index in [1.807, 2.05) is 19.0 Å². The van der Waals surface area contributed by atoms with Gasteiger partial charge in [-0.25, -0.2) is 4.39 Å². The van der Waals surface area contributed by atoms with E-state index in [1.54, 1.807) is 12.1 Å². The third-order valence-corrected chi connectivity index (χ3v) is 2.29. The van der Waals surface area contributed by atoms with Crippen molar-refractivity contribution >= 4 is 0 Å². The summed E-state index contributed by atoms with van der Waals surface area (Å²) in [6.07, 6.45) is 0. The molecule has 0 bridgehead atoms. The van der Waals surface area contributed by atoms with Crippen LogP contribution in [0.25, 0.3) is 0 Å². The number of hydrogen-bond acceptors (Lipinski definition) is 3. The van der Waals surface area contributed by atoms with E-state index >= 15 is 0 Å². The van der Waals surface area contributed by atoms with Crippen LogP contribution >= 0.6 is 0 Å². The maximum Gasteiger partial charge on any atom is 0.128 e. The Morgan fingerprint density at radius 1 is 1.38 bits per heavy atom. The van der Waals surface area contributed by atoms with Crippen LogP contribution in [0.3, 0.4) is 0 Å². The molecule has 0 spiro atoms. The molecule has 0 aliphatic heterocycles. The third-order valence-electron chi connectivity index (χ3n) is 2.29. The molecule has 0 heterocycles. The second-order valence-electron chi connectivity index (χ2n) is 3.99. The van der Waals surface area contributed by atoms with Gasteiger partial charge in [-0.2, -0.15) is 0 Å². The largest absolute Gasteiger partial charge is 0.375 e. The Morgan fingerprint density at radius 3 is 2.75 bits per heavy atom. The number of rotatable bonds is 6. The molecule has 0 saturated heterocycles. The Balaban J connectivity index is 2.46. The molecule has 3 nitrogen and oxygen atoms in total. The van der Waals surface area contributed by atoms with Gasteiger partial charge in [0.1, 0.15) is 5.82 Å². The van der Waals surface area contributed by atoms with Gasteiger partial charge < -0.3 is 15.4 Å². The predicted molar refractivity (Wildman–Crippen MR) is 62.5 cm³/mol. The van der Waals surface area contributed by atoms with Gasteiger partial charge in [-0.05, 0) is 31.8 Å². The van der Waals surface area contributed by atoms with E-state index in [0.29, 0.717) is 25.3 Å². The van der Waals surface area contributed by atoms with Crippen LogP contribution in [-0.4, -0.2) is 32.1 Å². The van der Waals surface area contributed by atoms with Crippen LogP contribution in [0.4, 0.5) is 4.39 Å². The highest BCUT2D eigenvalue weighted by atomic mass is 19.1. The van der Waals surface area contributed by atoms with Crippen molar-refractivity contribution in [1.82, 2.24) is 4.90 Å². The Kier molecular flexibility index (Phi) is 5.38. The quantitative estimate of drug-likeness (QED) is 0.744. The number of ether oxygens (including phenoxy) is 1. The molecule has 0 fully saturated rings. The lowest BCUT2D eigenvalue weighted by molar-refractivity contribution is 0.103. The molecule has 1 rings (SSSR count). The van der Waals surface area contributed by atoms with Crippen LogP contribution in [0.5, 0.6) is 0 Å². The van der Waals surface area contributed by atoms with Crippen molar-refractivity contribution in [3.05, 3.63) is 35.1 Å². The van der Waals surface area contributed by atoms with Crippen molar-refractivity contribution in [2.24, 2.45) is 5.73 Å². The van der Waals surface area contributed by atoms with Crippen LogP contribution in [0.15, 0.2) is 18.2 Å². The Morgan fingerprint density at radius 2 is 2.12 bits per heavy atom. The number of likely N-dealkylation sites (N-methyl/N-ethyl adjacent to an activating group) is 1. The lowest BCUT2D eigenvalue weighted by Gasteiger charge is -2.10. The molecule has 16 heavy (non-hydrogen) atoms. The van der Waals surface area contributed by atoms with E-state index in [1.165, 1.54) is 6.07 Å². The average Bonchev–Trinajstić information content (AvgIpc) is 2.26. The summed E-state index contributed by atoms with van der Waals surface area (Å²) in [5, 5.41) is 0. The second kappa shape index (κ2) is 6.58. The zero-order valence-electron chi connectivity index (χ0n) is 9.87. The fourth-order valence-corrected chi connectivity index (χ4v) is 1.29. The van der Waals surface area contributed by atoms with Crippen LogP contribution in [0.2, 0.25) is 0 Å². The van der Waals surface area contributed by atoms with Gasteiger partial charge in [-0.15, -0.1) is 0 Å². The SMILES string of the molecule is CN(C)CCOCc1cc(CN)ccc1F. The Bertz CT molecular complexity index is 329. The van der Waals surface area contributed by atoms with Crippen molar-refractivity contribution in [2.45, 2.75) is 13.2 Å². The fourth-order valence-electron chi connectivity index (χ4n) is 1.29. The molecule has 0 saturated carbocycles. The molecule has 0 aliphatic rings. The molecule has 4 heteroatoms. The van der Waals surface area contributed by atoms with Gasteiger partial charge in [-0.1, -0.05) is 6.07 Å². The number of hydrogen-bond donors (Lipinski definition) is 1. The molecule has 0 atom stereocenters. The first-order chi connectivity index (χ1) is 7.63. The maximum atomic E-state index is 13.4. The number of nitrogens with zero attached hydrogens (tertiary/aromatic N) is 1. The van der Waals surface area contributed by atoms with Gasteiger partial charge in [0.2, 0.25) is 0 Å². The summed E-state index contributed by atoms with van der Waals surface area (Å²) in [6.45, 7) is 2.15. The van der Waals surface area contributed by atoms with Crippen LogP contribution < -0.4 is 5.73 Å². The first-order valence-corrected chi connectivity index (χ1v) is 5.33. The lowest BCUT2D eigenvalue weighted by atomic mass is 10.1. The van der Waals surface area contributed by atoms with Gasteiger partial charge in [0.15, 0.2) is 0 Å². The molecule has 0 aliphatic carbocycles. The monoisotopic (exact) mass is 226 g/mol. The zero-order valence-corrected chi connectivity index (χ0v) is 9.87. The van der Waals surface area contributed by atoms with Crippen molar-refractivity contribution in [3.63, 3.8) is 0 Å². The van der Waals surface area contributed by atoms with E-state index in [-0.39, 0.29) is 5.82 Å². The van der Waals surface area contributed by atoms with Gasteiger partial charge >= 0.3 is 0 Å². The molecule has 90 valence electrons. The summed E-state index contributed by atoms with van der Waals surface area (Å²) >= 11 is 0. The summed E-state index contributed by atoms with van der Waals surface area (Å²) in [6, 6.07) is 4.89. The van der Waals surface area contributed by atoms with E-state index in [0.717, 1.165) is 12.1 Å². The third kappa shape index (κ3) is 4.26. The minimum atomic E-state index is -0.234. The van der Waals surface area contributed by atoms with E-state index in [4.69, 9.17) is 10.5 Å². The molecule has 0 aromatic heterocycles.